The molecule has 0 saturated carbocycles. The predicted molar refractivity (Wildman–Crippen MR) is 55.4 cm³/mol. The van der Waals surface area contributed by atoms with E-state index in [-0.39, 0.29) is 5.13 Å². The molecule has 0 aromatic carbocycles. The van der Waals surface area contributed by atoms with Crippen LogP contribution in [0.2, 0.25) is 0 Å². The lowest BCUT2D eigenvalue weighted by molar-refractivity contribution is -0.296. The summed E-state index contributed by atoms with van der Waals surface area (Å²) in [5, 5.41) is 11.2. The molecule has 3 N–H and O–H groups in total. The number of aliphatic carboxylic acids is 1. The number of nitrogens with zero attached hydrogens (tertiary/aromatic N) is 3. The molecule has 112 valence electrons. The summed E-state index contributed by atoms with van der Waals surface area (Å²) in [5.74, 6) is -7.51. The van der Waals surface area contributed by atoms with Crippen molar-refractivity contribution in [3.63, 3.8) is 0 Å². The molecule has 20 heavy (non-hydrogen) atoms. The quantitative estimate of drug-likeness (QED) is 0.478. The number of nitrogen functional groups attached to an aromatic ring is 1. The summed E-state index contributed by atoms with van der Waals surface area (Å²) in [4.78, 5) is 17.8. The molecule has 1 heterocycles. The molecule has 1 aromatic heterocycles. The normalized spacial score (nSPS) is 13.3. The monoisotopic (exact) mass is 320 g/mol. The average Bonchev–Trinajstić information content (AvgIpc) is 2.68. The fourth-order valence-corrected chi connectivity index (χ4v) is 1.20. The number of oxime groups is 1. The van der Waals surface area contributed by atoms with Crippen molar-refractivity contribution in [3.8, 4) is 0 Å². The summed E-state index contributed by atoms with van der Waals surface area (Å²) in [5.41, 5.74) is 4.11. The standard InChI is InChI=1S/C7H5F5N4O3S/c8-6(9,7(10,11)12)1-19-15-2(4(17)18)3-14-5(13)20-16-3/h1H2,(H,17,18)(H2,13,14,16). The molecule has 0 radical (unpaired) electrons. The first-order chi connectivity index (χ1) is 9.04. The van der Waals surface area contributed by atoms with Crippen molar-refractivity contribution >= 4 is 28.3 Å². The molecule has 0 amide bonds. The van der Waals surface area contributed by atoms with E-state index in [1.807, 2.05) is 0 Å². The van der Waals surface area contributed by atoms with Gasteiger partial charge in [-0.1, -0.05) is 5.16 Å². The molecule has 1 aromatic rings. The van der Waals surface area contributed by atoms with E-state index >= 15 is 0 Å². The Labute approximate surface area is 111 Å². The van der Waals surface area contributed by atoms with E-state index in [0.29, 0.717) is 11.5 Å². The highest BCUT2D eigenvalue weighted by molar-refractivity contribution is 7.09. The number of alkyl halides is 5. The van der Waals surface area contributed by atoms with Crippen LogP contribution in [0.5, 0.6) is 0 Å². The maximum Gasteiger partial charge on any atom is 0.457 e. The molecule has 0 aliphatic carbocycles. The molecule has 1 rings (SSSR count). The van der Waals surface area contributed by atoms with Crippen molar-refractivity contribution < 1.29 is 36.7 Å². The van der Waals surface area contributed by atoms with E-state index in [1.165, 1.54) is 0 Å². The largest absolute Gasteiger partial charge is 0.476 e. The maximum atomic E-state index is 12.5. The summed E-state index contributed by atoms with van der Waals surface area (Å²) in [6.45, 7) is -2.17. The molecule has 7 nitrogen and oxygen atoms in total. The summed E-state index contributed by atoms with van der Waals surface area (Å²) in [6.07, 6.45) is -5.84. The van der Waals surface area contributed by atoms with Crippen LogP contribution in [-0.2, 0) is 9.63 Å². The van der Waals surface area contributed by atoms with E-state index in [1.54, 1.807) is 0 Å². The summed E-state index contributed by atoms with van der Waals surface area (Å²) in [6, 6.07) is 0. The number of carbonyl (C=O) groups is 1. The first kappa shape index (κ1) is 16.0. The van der Waals surface area contributed by atoms with Gasteiger partial charge in [0.05, 0.1) is 0 Å². The highest BCUT2D eigenvalue weighted by Crippen LogP contribution is 2.35. The molecule has 0 saturated heterocycles. The lowest BCUT2D eigenvalue weighted by Gasteiger charge is -2.17. The first-order valence-corrected chi connectivity index (χ1v) is 5.29. The Bertz CT molecular complexity index is 529. The molecular weight excluding hydrogens is 315 g/mol. The fourth-order valence-electron chi connectivity index (χ4n) is 0.767. The summed E-state index contributed by atoms with van der Waals surface area (Å²) in [7, 11) is 0. The molecular formula is C7H5F5N4O3S. The van der Waals surface area contributed by atoms with Crippen molar-refractivity contribution in [3.05, 3.63) is 5.82 Å². The van der Waals surface area contributed by atoms with Gasteiger partial charge in [0.1, 0.15) is 0 Å². The number of carboxylic acid groups (broad SMARTS) is 1. The SMILES string of the molecule is Nc1nc(C(=NOCC(F)(F)C(F)(F)F)C(=O)O)ns1. The van der Waals surface area contributed by atoms with Crippen molar-refractivity contribution in [2.24, 2.45) is 5.16 Å². The zero-order chi connectivity index (χ0) is 15.6. The number of hydrogen-bond donors (Lipinski definition) is 2. The van der Waals surface area contributed by atoms with E-state index in [2.05, 4.69) is 19.4 Å². The van der Waals surface area contributed by atoms with Crippen LogP contribution in [0.1, 0.15) is 5.82 Å². The highest BCUT2D eigenvalue weighted by Gasteiger charge is 2.58. The third kappa shape index (κ3) is 3.72. The Morgan fingerprint density at radius 2 is 2.00 bits per heavy atom. The minimum atomic E-state index is -5.84. The van der Waals surface area contributed by atoms with Gasteiger partial charge >= 0.3 is 18.1 Å². The minimum Gasteiger partial charge on any atom is -0.476 e. The van der Waals surface area contributed by atoms with Crippen molar-refractivity contribution in [2.45, 2.75) is 12.1 Å². The van der Waals surface area contributed by atoms with E-state index in [9.17, 15) is 26.7 Å². The van der Waals surface area contributed by atoms with Crippen LogP contribution in [0.15, 0.2) is 5.16 Å². The van der Waals surface area contributed by atoms with Crippen molar-refractivity contribution in [1.29, 1.82) is 0 Å². The second-order valence-corrected chi connectivity index (χ2v) is 3.96. The maximum absolute atomic E-state index is 12.5. The smallest absolute Gasteiger partial charge is 0.457 e. The van der Waals surface area contributed by atoms with Crippen LogP contribution in [0.4, 0.5) is 27.1 Å². The van der Waals surface area contributed by atoms with Crippen LogP contribution >= 0.6 is 11.5 Å². The zero-order valence-corrected chi connectivity index (χ0v) is 10.0. The van der Waals surface area contributed by atoms with Crippen LogP contribution in [-0.4, -0.2) is 44.9 Å². The van der Waals surface area contributed by atoms with Gasteiger partial charge in [-0.3, -0.25) is 0 Å². The second-order valence-electron chi connectivity index (χ2n) is 3.18. The minimum absolute atomic E-state index is 0.144. The Morgan fingerprint density at radius 1 is 1.40 bits per heavy atom. The third-order valence-electron chi connectivity index (χ3n) is 1.67. The van der Waals surface area contributed by atoms with Crippen LogP contribution in [0.25, 0.3) is 0 Å². The molecule has 0 fully saturated rings. The molecule has 0 aliphatic heterocycles. The summed E-state index contributed by atoms with van der Waals surface area (Å²) < 4.78 is 63.8. The van der Waals surface area contributed by atoms with Crippen LogP contribution in [0.3, 0.4) is 0 Å². The van der Waals surface area contributed by atoms with Gasteiger partial charge in [0.25, 0.3) is 0 Å². The van der Waals surface area contributed by atoms with Gasteiger partial charge in [-0.2, -0.15) is 31.3 Å². The number of halogens is 5. The third-order valence-corrected chi connectivity index (χ3v) is 2.22. The fraction of sp³-hybridized carbons (Fsp3) is 0.429. The lowest BCUT2D eigenvalue weighted by Crippen LogP contribution is -2.40. The van der Waals surface area contributed by atoms with Gasteiger partial charge in [-0.05, 0) is 0 Å². The Balaban J connectivity index is 2.83. The van der Waals surface area contributed by atoms with Gasteiger partial charge < -0.3 is 15.7 Å². The number of anilines is 1. The van der Waals surface area contributed by atoms with E-state index < -0.39 is 36.2 Å². The molecule has 0 atom stereocenters. The van der Waals surface area contributed by atoms with Crippen molar-refractivity contribution in [2.75, 3.05) is 12.3 Å². The molecule has 0 spiro atoms. The molecule has 0 bridgehead atoms. The van der Waals surface area contributed by atoms with Crippen molar-refractivity contribution in [1.82, 2.24) is 9.36 Å². The van der Waals surface area contributed by atoms with Crippen LogP contribution in [0, 0.1) is 0 Å². The second kappa shape index (κ2) is 5.52. The topological polar surface area (TPSA) is 111 Å². The first-order valence-electron chi connectivity index (χ1n) is 4.52. The summed E-state index contributed by atoms with van der Waals surface area (Å²) >= 11 is 0.582. The Kier molecular flexibility index (Phi) is 4.42. The number of rotatable bonds is 5. The Hall–Kier alpha value is -2.05. The molecule has 0 aliphatic rings. The van der Waals surface area contributed by atoms with E-state index in [4.69, 9.17) is 10.8 Å². The number of carboxylic acids is 1. The van der Waals surface area contributed by atoms with Gasteiger partial charge in [0.15, 0.2) is 11.7 Å². The van der Waals surface area contributed by atoms with Gasteiger partial charge in [-0.25, -0.2) is 4.79 Å². The van der Waals surface area contributed by atoms with Crippen LogP contribution < -0.4 is 5.73 Å². The van der Waals surface area contributed by atoms with Gasteiger partial charge in [0, 0.05) is 11.5 Å². The highest BCUT2D eigenvalue weighted by atomic mass is 32.1. The number of nitrogens with two attached hydrogens (primary N) is 1. The molecule has 0 unspecified atom stereocenters. The Morgan fingerprint density at radius 3 is 2.40 bits per heavy atom. The number of aromatic nitrogens is 2. The zero-order valence-electron chi connectivity index (χ0n) is 9.19. The lowest BCUT2D eigenvalue weighted by atomic mass is 10.3. The van der Waals surface area contributed by atoms with Gasteiger partial charge in [0.2, 0.25) is 11.5 Å². The van der Waals surface area contributed by atoms with E-state index in [0.717, 1.165) is 0 Å². The van der Waals surface area contributed by atoms with Gasteiger partial charge in [-0.15, -0.1) is 0 Å². The number of hydrogen-bond acceptors (Lipinski definition) is 7. The predicted octanol–water partition coefficient (Wildman–Crippen LogP) is 1.12. The molecule has 13 heteroatoms. The average molecular weight is 320 g/mol.